The fraction of sp³-hybridized carbons (Fsp3) is 0.286. The van der Waals surface area contributed by atoms with E-state index in [4.69, 9.17) is 4.74 Å². The largest absolute Gasteiger partial charge is 0.461 e. The Labute approximate surface area is 133 Å². The second kappa shape index (κ2) is 6.30. The monoisotopic (exact) mass is 343 g/mol. The molecule has 2 rings (SSSR count). The van der Waals surface area contributed by atoms with Gasteiger partial charge >= 0.3 is 17.8 Å². The van der Waals surface area contributed by atoms with Gasteiger partial charge in [0.2, 0.25) is 5.69 Å². The van der Waals surface area contributed by atoms with Crippen molar-refractivity contribution in [3.63, 3.8) is 0 Å². The third-order valence-electron chi connectivity index (χ3n) is 3.12. The number of carbonyl (C=O) groups is 1. The number of aryl methyl sites for hydroxylation is 1. The number of halogens is 3. The van der Waals surface area contributed by atoms with Gasteiger partial charge in [-0.05, 0) is 38.1 Å². The van der Waals surface area contributed by atoms with Crippen LogP contribution >= 0.6 is 0 Å². The van der Waals surface area contributed by atoms with E-state index >= 15 is 0 Å². The Bertz CT molecular complexity index is 782. The number of alkyl halides is 3. The fourth-order valence-corrected chi connectivity index (χ4v) is 2.10. The van der Waals surface area contributed by atoms with Crippen LogP contribution < -0.4 is 0 Å². The van der Waals surface area contributed by atoms with Crippen molar-refractivity contribution >= 4 is 11.7 Å². The van der Waals surface area contributed by atoms with Crippen molar-refractivity contribution in [1.82, 2.24) is 9.78 Å². The summed E-state index contributed by atoms with van der Waals surface area (Å²) in [4.78, 5) is 22.4. The number of ether oxygens (including phenoxy) is 1. The highest BCUT2D eigenvalue weighted by Gasteiger charge is 2.33. The molecule has 2 aromatic rings. The van der Waals surface area contributed by atoms with Crippen molar-refractivity contribution in [1.29, 1.82) is 0 Å². The quantitative estimate of drug-likeness (QED) is 0.483. The van der Waals surface area contributed by atoms with Crippen LogP contribution in [0.25, 0.3) is 5.69 Å². The third-order valence-corrected chi connectivity index (χ3v) is 3.12. The van der Waals surface area contributed by atoms with E-state index in [1.165, 1.54) is 13.8 Å². The first-order valence-electron chi connectivity index (χ1n) is 6.75. The fourth-order valence-electron chi connectivity index (χ4n) is 2.10. The van der Waals surface area contributed by atoms with Gasteiger partial charge in [-0.1, -0.05) is 0 Å². The van der Waals surface area contributed by atoms with Gasteiger partial charge in [-0.25, -0.2) is 9.48 Å². The highest BCUT2D eigenvalue weighted by molar-refractivity contribution is 5.93. The molecule has 0 N–H and O–H groups in total. The first-order chi connectivity index (χ1) is 11.2. The van der Waals surface area contributed by atoms with Gasteiger partial charge in [0.1, 0.15) is 5.69 Å². The average molecular weight is 343 g/mol. The van der Waals surface area contributed by atoms with E-state index in [1.54, 1.807) is 0 Å². The third kappa shape index (κ3) is 3.21. The zero-order valence-electron chi connectivity index (χ0n) is 12.6. The van der Waals surface area contributed by atoms with Crippen LogP contribution in [0.15, 0.2) is 24.3 Å². The lowest BCUT2D eigenvalue weighted by molar-refractivity contribution is -0.385. The van der Waals surface area contributed by atoms with Gasteiger partial charge in [0.05, 0.1) is 22.8 Å². The van der Waals surface area contributed by atoms with Crippen LogP contribution in [-0.2, 0) is 10.9 Å². The molecule has 0 unspecified atom stereocenters. The first-order valence-corrected chi connectivity index (χ1v) is 6.75. The zero-order chi connectivity index (χ0) is 18.1. The summed E-state index contributed by atoms with van der Waals surface area (Å²) >= 11 is 0. The van der Waals surface area contributed by atoms with Crippen molar-refractivity contribution < 1.29 is 27.6 Å². The van der Waals surface area contributed by atoms with Gasteiger partial charge in [0.25, 0.3) is 0 Å². The lowest BCUT2D eigenvalue weighted by Gasteiger charge is -2.09. The lowest BCUT2D eigenvalue weighted by Crippen LogP contribution is -2.14. The number of aromatic nitrogens is 2. The molecule has 0 bridgehead atoms. The molecule has 0 aliphatic heterocycles. The van der Waals surface area contributed by atoms with Crippen LogP contribution in [0.5, 0.6) is 0 Å². The summed E-state index contributed by atoms with van der Waals surface area (Å²) in [5, 5.41) is 15.1. The minimum atomic E-state index is -4.52. The molecule has 10 heteroatoms. The summed E-state index contributed by atoms with van der Waals surface area (Å²) in [5.41, 5.74) is -1.86. The van der Waals surface area contributed by atoms with Crippen LogP contribution in [0.2, 0.25) is 0 Å². The van der Waals surface area contributed by atoms with Gasteiger partial charge in [-0.2, -0.15) is 18.3 Å². The van der Waals surface area contributed by atoms with Crippen molar-refractivity contribution in [3.8, 4) is 5.69 Å². The standard InChI is InChI=1S/C14H12F3N3O4/c1-3-24-13(21)12-11(20(22)23)8(2)18-19(12)10-6-4-9(5-7-10)14(15,16)17/h4-7H,3H2,1-2H3. The van der Waals surface area contributed by atoms with Crippen LogP contribution in [-0.4, -0.2) is 27.3 Å². The molecule has 0 amide bonds. The second-order valence-corrected chi connectivity index (χ2v) is 4.72. The minimum absolute atomic E-state index is 0.0206. The number of nitrogens with zero attached hydrogens (tertiary/aromatic N) is 3. The Morgan fingerprint density at radius 1 is 1.33 bits per heavy atom. The molecule has 0 atom stereocenters. The van der Waals surface area contributed by atoms with Gasteiger partial charge in [-0.15, -0.1) is 0 Å². The number of rotatable bonds is 4. The highest BCUT2D eigenvalue weighted by Crippen LogP contribution is 2.31. The summed E-state index contributed by atoms with van der Waals surface area (Å²) in [6, 6.07) is 3.74. The molecule has 1 heterocycles. The normalized spacial score (nSPS) is 11.4. The number of hydrogen-bond acceptors (Lipinski definition) is 5. The Balaban J connectivity index is 2.60. The number of benzene rings is 1. The van der Waals surface area contributed by atoms with Crippen LogP contribution in [0.3, 0.4) is 0 Å². The molecule has 0 saturated heterocycles. The summed E-state index contributed by atoms with van der Waals surface area (Å²) in [5.74, 6) is -0.982. The van der Waals surface area contributed by atoms with Crippen LogP contribution in [0, 0.1) is 17.0 Å². The molecule has 0 aliphatic carbocycles. The Kier molecular flexibility index (Phi) is 4.58. The number of carbonyl (C=O) groups excluding carboxylic acids is 1. The minimum Gasteiger partial charge on any atom is -0.461 e. The molecular weight excluding hydrogens is 331 g/mol. The Morgan fingerprint density at radius 2 is 1.92 bits per heavy atom. The van der Waals surface area contributed by atoms with E-state index in [-0.39, 0.29) is 18.0 Å². The molecule has 0 saturated carbocycles. The molecule has 1 aromatic carbocycles. The topological polar surface area (TPSA) is 87.3 Å². The Hall–Kier alpha value is -2.91. The van der Waals surface area contributed by atoms with Crippen LogP contribution in [0.1, 0.15) is 28.7 Å². The average Bonchev–Trinajstić information content (AvgIpc) is 2.84. The summed E-state index contributed by atoms with van der Waals surface area (Å²) in [7, 11) is 0. The summed E-state index contributed by atoms with van der Waals surface area (Å²) < 4.78 is 43.6. The molecular formula is C14H12F3N3O4. The SMILES string of the molecule is CCOC(=O)c1c([N+](=O)[O-])c(C)nn1-c1ccc(C(F)(F)F)cc1. The first kappa shape index (κ1) is 17.4. The van der Waals surface area contributed by atoms with Crippen LogP contribution in [0.4, 0.5) is 18.9 Å². The van der Waals surface area contributed by atoms with Crippen molar-refractivity contribution in [2.75, 3.05) is 6.61 Å². The predicted molar refractivity (Wildman–Crippen MR) is 75.9 cm³/mol. The van der Waals surface area contributed by atoms with Gasteiger partial charge in [0.15, 0.2) is 0 Å². The van der Waals surface area contributed by atoms with E-state index in [9.17, 15) is 28.1 Å². The van der Waals surface area contributed by atoms with Gasteiger partial charge in [-0.3, -0.25) is 10.1 Å². The van der Waals surface area contributed by atoms with Gasteiger partial charge in [0, 0.05) is 0 Å². The number of nitro groups is 1. The maximum atomic E-state index is 12.6. The number of hydrogen-bond donors (Lipinski definition) is 0. The Morgan fingerprint density at radius 3 is 2.38 bits per heavy atom. The maximum Gasteiger partial charge on any atom is 0.416 e. The summed E-state index contributed by atoms with van der Waals surface area (Å²) in [6.45, 7) is 2.82. The van der Waals surface area contributed by atoms with E-state index in [1.807, 2.05) is 0 Å². The molecule has 0 radical (unpaired) electrons. The smallest absolute Gasteiger partial charge is 0.416 e. The molecule has 128 valence electrons. The van der Waals surface area contributed by atoms with E-state index in [2.05, 4.69) is 5.10 Å². The van der Waals surface area contributed by atoms with Crippen molar-refractivity contribution in [3.05, 3.63) is 51.3 Å². The zero-order valence-corrected chi connectivity index (χ0v) is 12.6. The molecule has 7 nitrogen and oxygen atoms in total. The second-order valence-electron chi connectivity index (χ2n) is 4.72. The van der Waals surface area contributed by atoms with E-state index in [0.29, 0.717) is 0 Å². The summed E-state index contributed by atoms with van der Waals surface area (Å²) in [6.07, 6.45) is -4.52. The molecule has 0 spiro atoms. The molecule has 0 fully saturated rings. The predicted octanol–water partition coefficient (Wildman–Crippen LogP) is 3.28. The molecule has 0 aliphatic rings. The van der Waals surface area contributed by atoms with E-state index < -0.39 is 34.0 Å². The lowest BCUT2D eigenvalue weighted by atomic mass is 10.2. The number of esters is 1. The molecule has 1 aromatic heterocycles. The van der Waals surface area contributed by atoms with Gasteiger partial charge < -0.3 is 4.74 Å². The van der Waals surface area contributed by atoms with E-state index in [0.717, 1.165) is 28.9 Å². The molecule has 24 heavy (non-hydrogen) atoms. The maximum absolute atomic E-state index is 12.6. The van der Waals surface area contributed by atoms with Crippen molar-refractivity contribution in [2.24, 2.45) is 0 Å². The highest BCUT2D eigenvalue weighted by atomic mass is 19.4. The van der Waals surface area contributed by atoms with Crippen molar-refractivity contribution in [2.45, 2.75) is 20.0 Å².